The topological polar surface area (TPSA) is 64.7 Å². The van der Waals surface area contributed by atoms with Gasteiger partial charge in [0, 0.05) is 19.7 Å². The molecule has 0 aliphatic rings. The van der Waals surface area contributed by atoms with Crippen molar-refractivity contribution in [3.63, 3.8) is 0 Å². The fraction of sp³-hybridized carbons (Fsp3) is 0.462. The predicted octanol–water partition coefficient (Wildman–Crippen LogP) is 1.02. The molecule has 0 amide bonds. The molecule has 2 heterocycles. The molecule has 0 saturated carbocycles. The second-order valence-electron chi connectivity index (χ2n) is 4.37. The average Bonchev–Trinajstić information content (AvgIpc) is 2.74. The highest BCUT2D eigenvalue weighted by molar-refractivity contribution is 5.38. The molecule has 0 aliphatic heterocycles. The summed E-state index contributed by atoms with van der Waals surface area (Å²) in [5, 5.41) is 11.6. The minimum atomic E-state index is -0.113. The van der Waals surface area contributed by atoms with Gasteiger partial charge < -0.3 is 5.32 Å². The molecule has 0 spiro atoms. The fourth-order valence-corrected chi connectivity index (χ4v) is 1.90. The number of hydrogen-bond donors (Lipinski definition) is 1. The van der Waals surface area contributed by atoms with Crippen LogP contribution in [0.1, 0.15) is 25.2 Å². The van der Waals surface area contributed by atoms with Crippen LogP contribution < -0.4 is 10.9 Å². The minimum Gasteiger partial charge on any atom is -0.384 e. The molecular weight excluding hydrogens is 242 g/mol. The molecule has 0 bridgehead atoms. The van der Waals surface area contributed by atoms with Gasteiger partial charge in [-0.1, -0.05) is 6.92 Å². The number of nitrogens with one attached hydrogen (secondary N) is 1. The zero-order valence-electron chi connectivity index (χ0n) is 11.6. The molecule has 1 N–H and O–H groups in total. The van der Waals surface area contributed by atoms with Gasteiger partial charge in [-0.05, 0) is 19.4 Å². The van der Waals surface area contributed by atoms with Gasteiger partial charge in [0.15, 0.2) is 0 Å². The van der Waals surface area contributed by atoms with Crippen molar-refractivity contribution in [2.45, 2.75) is 26.8 Å². The summed E-state index contributed by atoms with van der Waals surface area (Å²) < 4.78 is 3.24. The van der Waals surface area contributed by atoms with Gasteiger partial charge in [-0.3, -0.25) is 9.48 Å². The Bertz CT molecular complexity index is 614. The first kappa shape index (κ1) is 13.3. The number of aromatic nitrogens is 4. The lowest BCUT2D eigenvalue weighted by molar-refractivity contribution is 0.590. The van der Waals surface area contributed by atoms with E-state index >= 15 is 0 Å². The van der Waals surface area contributed by atoms with Crippen molar-refractivity contribution in [1.29, 1.82) is 0 Å². The standard InChI is InChI=1S/C13H19N5O/c1-4-10-6-12(17(3)16-10)9-18-13(19)7-11(8-15-18)14-5-2/h6-8,14H,4-5,9H2,1-3H3. The Morgan fingerprint density at radius 3 is 2.68 bits per heavy atom. The maximum atomic E-state index is 11.9. The molecule has 0 atom stereocenters. The molecule has 0 saturated heterocycles. The van der Waals surface area contributed by atoms with Crippen LogP contribution >= 0.6 is 0 Å². The van der Waals surface area contributed by atoms with E-state index < -0.39 is 0 Å². The lowest BCUT2D eigenvalue weighted by Gasteiger charge is -2.06. The molecule has 6 nitrogen and oxygen atoms in total. The normalized spacial score (nSPS) is 10.7. The molecule has 19 heavy (non-hydrogen) atoms. The van der Waals surface area contributed by atoms with Crippen molar-refractivity contribution in [3.8, 4) is 0 Å². The first-order chi connectivity index (χ1) is 9.13. The van der Waals surface area contributed by atoms with E-state index in [1.807, 2.05) is 20.0 Å². The van der Waals surface area contributed by atoms with Crippen molar-refractivity contribution in [3.05, 3.63) is 40.1 Å². The van der Waals surface area contributed by atoms with Crippen LogP contribution in [0.25, 0.3) is 0 Å². The Morgan fingerprint density at radius 1 is 1.32 bits per heavy atom. The summed E-state index contributed by atoms with van der Waals surface area (Å²) >= 11 is 0. The molecule has 2 aromatic heterocycles. The summed E-state index contributed by atoms with van der Waals surface area (Å²) in [5.74, 6) is 0. The van der Waals surface area contributed by atoms with Crippen LogP contribution in [0, 0.1) is 0 Å². The molecule has 2 rings (SSSR count). The second-order valence-corrected chi connectivity index (χ2v) is 4.37. The molecule has 0 fully saturated rings. The Hall–Kier alpha value is -2.11. The maximum absolute atomic E-state index is 11.9. The van der Waals surface area contributed by atoms with Crippen LogP contribution in [0.4, 0.5) is 5.69 Å². The van der Waals surface area contributed by atoms with E-state index in [1.54, 1.807) is 16.9 Å². The number of aryl methyl sites for hydroxylation is 2. The molecule has 2 aromatic rings. The van der Waals surface area contributed by atoms with Crippen LogP contribution in [0.5, 0.6) is 0 Å². The molecule has 0 aromatic carbocycles. The van der Waals surface area contributed by atoms with Crippen molar-refractivity contribution < 1.29 is 0 Å². The van der Waals surface area contributed by atoms with E-state index in [1.165, 1.54) is 4.68 Å². The van der Waals surface area contributed by atoms with Crippen molar-refractivity contribution >= 4 is 5.69 Å². The third-order valence-corrected chi connectivity index (χ3v) is 2.95. The van der Waals surface area contributed by atoms with Crippen LogP contribution in [-0.2, 0) is 20.0 Å². The van der Waals surface area contributed by atoms with E-state index in [0.717, 1.165) is 30.0 Å². The lowest BCUT2D eigenvalue weighted by Crippen LogP contribution is -2.24. The average molecular weight is 261 g/mol. The summed E-state index contributed by atoms with van der Waals surface area (Å²) in [6, 6.07) is 3.57. The molecule has 0 radical (unpaired) electrons. The monoisotopic (exact) mass is 261 g/mol. The van der Waals surface area contributed by atoms with Crippen molar-refractivity contribution in [2.24, 2.45) is 7.05 Å². The Morgan fingerprint density at radius 2 is 2.11 bits per heavy atom. The van der Waals surface area contributed by atoms with Gasteiger partial charge in [0.1, 0.15) is 0 Å². The summed E-state index contributed by atoms with van der Waals surface area (Å²) in [6.45, 7) is 5.25. The lowest BCUT2D eigenvalue weighted by atomic mass is 10.3. The molecule has 102 valence electrons. The number of anilines is 1. The maximum Gasteiger partial charge on any atom is 0.269 e. The highest BCUT2D eigenvalue weighted by atomic mass is 16.1. The van der Waals surface area contributed by atoms with E-state index in [-0.39, 0.29) is 5.56 Å². The zero-order chi connectivity index (χ0) is 13.8. The summed E-state index contributed by atoms with van der Waals surface area (Å²) in [7, 11) is 1.88. The van der Waals surface area contributed by atoms with Gasteiger partial charge >= 0.3 is 0 Å². The van der Waals surface area contributed by atoms with Gasteiger partial charge in [0.2, 0.25) is 0 Å². The third-order valence-electron chi connectivity index (χ3n) is 2.95. The Labute approximate surface area is 112 Å². The van der Waals surface area contributed by atoms with Crippen molar-refractivity contribution in [1.82, 2.24) is 19.6 Å². The van der Waals surface area contributed by atoms with Gasteiger partial charge in [0.25, 0.3) is 5.56 Å². The van der Waals surface area contributed by atoms with Crippen LogP contribution in [-0.4, -0.2) is 26.1 Å². The summed E-state index contributed by atoms with van der Waals surface area (Å²) in [5.41, 5.74) is 2.64. The highest BCUT2D eigenvalue weighted by Gasteiger charge is 2.06. The van der Waals surface area contributed by atoms with E-state index in [4.69, 9.17) is 0 Å². The molecule has 0 unspecified atom stereocenters. The van der Waals surface area contributed by atoms with E-state index in [9.17, 15) is 4.79 Å². The zero-order valence-corrected chi connectivity index (χ0v) is 11.6. The molecular formula is C13H19N5O. The Kier molecular flexibility index (Phi) is 3.99. The van der Waals surface area contributed by atoms with E-state index in [0.29, 0.717) is 6.54 Å². The SMILES string of the molecule is CCNc1cnn(Cc2cc(CC)nn2C)c(=O)c1. The van der Waals surface area contributed by atoms with Crippen molar-refractivity contribution in [2.75, 3.05) is 11.9 Å². The second kappa shape index (κ2) is 5.69. The minimum absolute atomic E-state index is 0.113. The van der Waals surface area contributed by atoms with Crippen LogP contribution in [0.3, 0.4) is 0 Å². The summed E-state index contributed by atoms with van der Waals surface area (Å²) in [4.78, 5) is 11.9. The highest BCUT2D eigenvalue weighted by Crippen LogP contribution is 2.05. The van der Waals surface area contributed by atoms with Gasteiger partial charge in [-0.25, -0.2) is 4.68 Å². The third kappa shape index (κ3) is 3.01. The number of nitrogens with zero attached hydrogens (tertiary/aromatic N) is 4. The van der Waals surface area contributed by atoms with E-state index in [2.05, 4.69) is 22.4 Å². The summed E-state index contributed by atoms with van der Waals surface area (Å²) in [6.07, 6.45) is 2.55. The van der Waals surface area contributed by atoms with Gasteiger partial charge in [-0.2, -0.15) is 10.2 Å². The largest absolute Gasteiger partial charge is 0.384 e. The van der Waals surface area contributed by atoms with Crippen LogP contribution in [0.15, 0.2) is 23.1 Å². The molecule has 0 aliphatic carbocycles. The fourth-order valence-electron chi connectivity index (χ4n) is 1.90. The Balaban J connectivity index is 2.23. The quantitative estimate of drug-likeness (QED) is 0.872. The number of rotatable bonds is 5. The van der Waals surface area contributed by atoms with Gasteiger partial charge in [-0.15, -0.1) is 0 Å². The van der Waals surface area contributed by atoms with Gasteiger partial charge in [0.05, 0.1) is 29.8 Å². The smallest absolute Gasteiger partial charge is 0.269 e. The van der Waals surface area contributed by atoms with Crippen LogP contribution in [0.2, 0.25) is 0 Å². The predicted molar refractivity (Wildman–Crippen MR) is 74.3 cm³/mol. The first-order valence-corrected chi connectivity index (χ1v) is 6.46. The molecule has 6 heteroatoms. The number of hydrogen-bond acceptors (Lipinski definition) is 4. The first-order valence-electron chi connectivity index (χ1n) is 6.46.